The summed E-state index contributed by atoms with van der Waals surface area (Å²) in [5.74, 6) is 1.00. The maximum atomic E-state index is 10.9. The van der Waals surface area contributed by atoms with Crippen molar-refractivity contribution in [1.82, 2.24) is 9.97 Å². The molecule has 1 aromatic heterocycles. The van der Waals surface area contributed by atoms with Gasteiger partial charge in [0.25, 0.3) is 0 Å². The number of rotatable bonds is 5. The molecule has 0 fully saturated rings. The Morgan fingerprint density at radius 3 is 2.74 bits per heavy atom. The van der Waals surface area contributed by atoms with Gasteiger partial charge in [-0.2, -0.15) is 4.98 Å². The van der Waals surface area contributed by atoms with Crippen LogP contribution in [0.15, 0.2) is 41.6 Å². The zero-order chi connectivity index (χ0) is 13.7. The lowest BCUT2D eigenvalue weighted by Crippen LogP contribution is -2.01. The summed E-state index contributed by atoms with van der Waals surface area (Å²) in [6.07, 6.45) is 1.23. The predicted octanol–water partition coefficient (Wildman–Crippen LogP) is 2.72. The molecule has 0 aliphatic rings. The number of benzene rings is 1. The largest absolute Gasteiger partial charge is 0.357 e. The van der Waals surface area contributed by atoms with Gasteiger partial charge < -0.3 is 5.32 Å². The van der Waals surface area contributed by atoms with Crippen molar-refractivity contribution in [3.05, 3.63) is 52.2 Å². The summed E-state index contributed by atoms with van der Waals surface area (Å²) in [6.45, 7) is 0. The first kappa shape index (κ1) is 13.3. The quantitative estimate of drug-likeness (QED) is 0.391. The molecule has 98 valence electrons. The molecule has 2 aromatic rings. The normalized spacial score (nSPS) is 10.2. The summed E-state index contributed by atoms with van der Waals surface area (Å²) < 4.78 is 0. The number of anilines is 1. The fraction of sp³-hybridized carbons (Fsp3) is 0.167. The van der Waals surface area contributed by atoms with E-state index in [1.807, 2.05) is 30.3 Å². The van der Waals surface area contributed by atoms with E-state index in [4.69, 9.17) is 0 Å². The van der Waals surface area contributed by atoms with Gasteiger partial charge in [0.2, 0.25) is 5.95 Å². The average molecular weight is 276 g/mol. The van der Waals surface area contributed by atoms with E-state index in [0.29, 0.717) is 16.7 Å². The number of nitro groups is 1. The molecule has 0 unspecified atom stereocenters. The Morgan fingerprint density at radius 1 is 1.37 bits per heavy atom. The number of aromatic nitrogens is 2. The van der Waals surface area contributed by atoms with E-state index in [9.17, 15) is 10.1 Å². The monoisotopic (exact) mass is 276 g/mol. The molecule has 0 atom stereocenters. The summed E-state index contributed by atoms with van der Waals surface area (Å²) in [7, 11) is 1.67. The maximum absolute atomic E-state index is 10.9. The Hall–Kier alpha value is -2.15. The molecule has 0 saturated carbocycles. The first-order valence-electron chi connectivity index (χ1n) is 5.56. The molecule has 7 heteroatoms. The minimum atomic E-state index is -0.466. The van der Waals surface area contributed by atoms with Crippen LogP contribution in [0.2, 0.25) is 0 Å². The van der Waals surface area contributed by atoms with E-state index < -0.39 is 4.92 Å². The first-order valence-corrected chi connectivity index (χ1v) is 6.55. The van der Waals surface area contributed by atoms with Crippen LogP contribution in [0, 0.1) is 10.1 Å². The second kappa shape index (κ2) is 6.14. The van der Waals surface area contributed by atoms with Crippen molar-refractivity contribution < 1.29 is 4.92 Å². The lowest BCUT2D eigenvalue weighted by atomic mass is 10.2. The van der Waals surface area contributed by atoms with Crippen LogP contribution in [0.1, 0.15) is 5.56 Å². The maximum Gasteiger partial charge on any atom is 0.319 e. The smallest absolute Gasteiger partial charge is 0.319 e. The van der Waals surface area contributed by atoms with Gasteiger partial charge in [-0.25, -0.2) is 4.98 Å². The van der Waals surface area contributed by atoms with Gasteiger partial charge in [0.05, 0.1) is 4.92 Å². The van der Waals surface area contributed by atoms with Crippen molar-refractivity contribution in [3.8, 4) is 0 Å². The van der Waals surface area contributed by atoms with Crippen molar-refractivity contribution in [3.63, 3.8) is 0 Å². The molecule has 0 amide bonds. The summed E-state index contributed by atoms with van der Waals surface area (Å²) in [5.41, 5.74) is 1.02. The highest BCUT2D eigenvalue weighted by atomic mass is 32.2. The van der Waals surface area contributed by atoms with Crippen molar-refractivity contribution in [1.29, 1.82) is 0 Å². The topological polar surface area (TPSA) is 81.0 Å². The zero-order valence-corrected chi connectivity index (χ0v) is 11.1. The van der Waals surface area contributed by atoms with Gasteiger partial charge in [-0.1, -0.05) is 42.1 Å². The Labute approximate surface area is 114 Å². The predicted molar refractivity (Wildman–Crippen MR) is 74.2 cm³/mol. The second-order valence-electron chi connectivity index (χ2n) is 3.67. The molecular weight excluding hydrogens is 264 g/mol. The van der Waals surface area contributed by atoms with Crippen LogP contribution in [-0.2, 0) is 5.75 Å². The fourth-order valence-electron chi connectivity index (χ4n) is 1.44. The number of hydrogen-bond donors (Lipinski definition) is 1. The molecule has 1 aromatic carbocycles. The van der Waals surface area contributed by atoms with Gasteiger partial charge in [0.1, 0.15) is 6.20 Å². The van der Waals surface area contributed by atoms with E-state index in [2.05, 4.69) is 15.3 Å². The van der Waals surface area contributed by atoms with Gasteiger partial charge in [0, 0.05) is 12.8 Å². The van der Waals surface area contributed by atoms with Crippen LogP contribution in [-0.4, -0.2) is 21.9 Å². The molecule has 6 nitrogen and oxygen atoms in total. The van der Waals surface area contributed by atoms with E-state index in [0.717, 1.165) is 5.56 Å². The van der Waals surface area contributed by atoms with Crippen molar-refractivity contribution in [2.24, 2.45) is 0 Å². The van der Waals surface area contributed by atoms with Crippen molar-refractivity contribution in [2.45, 2.75) is 10.8 Å². The molecule has 0 spiro atoms. The van der Waals surface area contributed by atoms with Crippen LogP contribution < -0.4 is 5.32 Å². The SMILES string of the molecule is CNc1ncc([N+](=O)[O-])c(SCc2ccccc2)n1. The Bertz CT molecular complexity index is 577. The van der Waals surface area contributed by atoms with Gasteiger partial charge in [-0.3, -0.25) is 10.1 Å². The fourth-order valence-corrected chi connectivity index (χ4v) is 2.36. The molecular formula is C12H12N4O2S. The molecule has 0 aliphatic carbocycles. The molecule has 2 rings (SSSR count). The molecule has 0 saturated heterocycles. The highest BCUT2D eigenvalue weighted by molar-refractivity contribution is 7.98. The van der Waals surface area contributed by atoms with E-state index in [1.54, 1.807) is 7.05 Å². The first-order chi connectivity index (χ1) is 9.20. The van der Waals surface area contributed by atoms with Crippen LogP contribution in [0.3, 0.4) is 0 Å². The van der Waals surface area contributed by atoms with Gasteiger partial charge in [-0.05, 0) is 5.56 Å². The molecule has 0 bridgehead atoms. The van der Waals surface area contributed by atoms with Crippen LogP contribution in [0.5, 0.6) is 0 Å². The molecule has 0 radical (unpaired) electrons. The Morgan fingerprint density at radius 2 is 2.11 bits per heavy atom. The van der Waals surface area contributed by atoms with E-state index in [-0.39, 0.29) is 5.69 Å². The molecule has 19 heavy (non-hydrogen) atoms. The number of nitrogens with one attached hydrogen (secondary N) is 1. The highest BCUT2D eigenvalue weighted by Crippen LogP contribution is 2.29. The molecule has 1 heterocycles. The van der Waals surface area contributed by atoms with Gasteiger partial charge in [0.15, 0.2) is 5.03 Å². The second-order valence-corrected chi connectivity index (χ2v) is 4.63. The standard InChI is InChI=1S/C12H12N4O2S/c1-13-12-14-7-10(16(17)18)11(15-12)19-8-9-5-3-2-4-6-9/h2-7H,8H2,1H3,(H,13,14,15). The third kappa shape index (κ3) is 3.41. The minimum Gasteiger partial charge on any atom is -0.357 e. The lowest BCUT2D eigenvalue weighted by Gasteiger charge is -2.04. The number of thioether (sulfide) groups is 1. The third-order valence-corrected chi connectivity index (χ3v) is 3.43. The van der Waals surface area contributed by atoms with E-state index in [1.165, 1.54) is 18.0 Å². The number of nitrogens with zero attached hydrogens (tertiary/aromatic N) is 3. The van der Waals surface area contributed by atoms with E-state index >= 15 is 0 Å². The van der Waals surface area contributed by atoms with Crippen LogP contribution in [0.4, 0.5) is 11.6 Å². The molecule has 0 aliphatic heterocycles. The highest BCUT2D eigenvalue weighted by Gasteiger charge is 2.17. The summed E-state index contributed by atoms with van der Waals surface area (Å²) in [6, 6.07) is 9.74. The zero-order valence-electron chi connectivity index (χ0n) is 10.2. The van der Waals surface area contributed by atoms with Gasteiger partial charge in [-0.15, -0.1) is 0 Å². The lowest BCUT2D eigenvalue weighted by molar-refractivity contribution is -0.388. The molecule has 1 N–H and O–H groups in total. The Balaban J connectivity index is 2.20. The summed E-state index contributed by atoms with van der Waals surface area (Å²) in [4.78, 5) is 18.4. The Kier molecular flexibility index (Phi) is 4.30. The van der Waals surface area contributed by atoms with Crippen LogP contribution >= 0.6 is 11.8 Å². The summed E-state index contributed by atoms with van der Waals surface area (Å²) >= 11 is 1.33. The van der Waals surface area contributed by atoms with Crippen molar-refractivity contribution in [2.75, 3.05) is 12.4 Å². The minimum absolute atomic E-state index is 0.0695. The number of hydrogen-bond acceptors (Lipinski definition) is 6. The average Bonchev–Trinajstić information content (AvgIpc) is 2.45. The van der Waals surface area contributed by atoms with Crippen molar-refractivity contribution >= 4 is 23.4 Å². The summed E-state index contributed by atoms with van der Waals surface area (Å²) in [5, 5.41) is 14.1. The van der Waals surface area contributed by atoms with Gasteiger partial charge >= 0.3 is 5.69 Å². The third-order valence-electron chi connectivity index (χ3n) is 2.37. The van der Waals surface area contributed by atoms with Crippen LogP contribution in [0.25, 0.3) is 0 Å².